The minimum Gasteiger partial charge on any atom is -0.508 e. The monoisotopic (exact) mass is 180 g/mol. The van der Waals surface area contributed by atoms with Crippen molar-refractivity contribution in [2.45, 2.75) is 19.8 Å². The lowest BCUT2D eigenvalue weighted by Crippen LogP contribution is -1.93. The lowest BCUT2D eigenvalue weighted by molar-refractivity contribution is 0.201. The highest BCUT2D eigenvalue weighted by molar-refractivity contribution is 5.16. The molecule has 0 unspecified atom stereocenters. The maximum atomic E-state index is 9.04. The second-order valence-electron chi connectivity index (χ2n) is 3.33. The molecule has 0 saturated heterocycles. The minimum absolute atomic E-state index is 0.161. The summed E-state index contributed by atoms with van der Waals surface area (Å²) in [5.41, 5.74) is 0. The third-order valence-electron chi connectivity index (χ3n) is 1.94. The molecule has 2 heteroatoms. The predicted molar refractivity (Wildman–Crippen MR) is 53.3 cm³/mol. The van der Waals surface area contributed by atoms with Gasteiger partial charge in [-0.15, -0.1) is 0 Å². The van der Waals surface area contributed by atoms with Crippen molar-refractivity contribution in [1.29, 1.82) is 0 Å². The molecule has 1 aliphatic rings. The maximum Gasteiger partial charge on any atom is 0.115 e. The highest BCUT2D eigenvalue weighted by Crippen LogP contribution is 2.29. The largest absolute Gasteiger partial charge is 0.508 e. The SMILES string of the molecule is C=C/C(O)=C\C=C(/C)OCC1CC1. The zero-order valence-corrected chi connectivity index (χ0v) is 7.99. The average Bonchev–Trinajstić information content (AvgIpc) is 2.94. The van der Waals surface area contributed by atoms with E-state index in [0.29, 0.717) is 0 Å². The van der Waals surface area contributed by atoms with Gasteiger partial charge in [-0.2, -0.15) is 0 Å². The zero-order valence-electron chi connectivity index (χ0n) is 7.99. The van der Waals surface area contributed by atoms with Crippen molar-refractivity contribution in [1.82, 2.24) is 0 Å². The zero-order chi connectivity index (χ0) is 9.68. The van der Waals surface area contributed by atoms with E-state index in [1.807, 2.05) is 6.92 Å². The molecule has 1 fully saturated rings. The molecule has 2 nitrogen and oxygen atoms in total. The van der Waals surface area contributed by atoms with Crippen LogP contribution in [-0.2, 0) is 4.74 Å². The molecule has 13 heavy (non-hydrogen) atoms. The fraction of sp³-hybridized carbons (Fsp3) is 0.455. The number of ether oxygens (including phenoxy) is 1. The molecule has 0 aromatic rings. The molecule has 0 aromatic carbocycles. The molecular formula is C11H16O2. The molecule has 0 atom stereocenters. The van der Waals surface area contributed by atoms with Gasteiger partial charge in [-0.25, -0.2) is 0 Å². The second-order valence-corrected chi connectivity index (χ2v) is 3.33. The van der Waals surface area contributed by atoms with Gasteiger partial charge in [-0.05, 0) is 43.9 Å². The molecule has 0 radical (unpaired) electrons. The van der Waals surface area contributed by atoms with E-state index in [2.05, 4.69) is 6.58 Å². The van der Waals surface area contributed by atoms with Crippen LogP contribution in [0.1, 0.15) is 19.8 Å². The van der Waals surface area contributed by atoms with Gasteiger partial charge in [0.1, 0.15) is 5.76 Å². The lowest BCUT2D eigenvalue weighted by Gasteiger charge is -2.03. The first-order valence-electron chi connectivity index (χ1n) is 4.55. The number of hydrogen-bond acceptors (Lipinski definition) is 2. The number of aliphatic hydroxyl groups excluding tert-OH is 1. The van der Waals surface area contributed by atoms with Gasteiger partial charge in [0.25, 0.3) is 0 Å². The van der Waals surface area contributed by atoms with Crippen molar-refractivity contribution in [3.05, 3.63) is 36.3 Å². The summed E-state index contributed by atoms with van der Waals surface area (Å²) >= 11 is 0. The number of rotatable bonds is 5. The molecule has 1 N–H and O–H groups in total. The molecule has 0 aromatic heterocycles. The molecule has 0 bridgehead atoms. The summed E-state index contributed by atoms with van der Waals surface area (Å²) in [6, 6.07) is 0. The Bertz CT molecular complexity index is 234. The molecule has 0 heterocycles. The third-order valence-corrected chi connectivity index (χ3v) is 1.94. The standard InChI is InChI=1S/C11H16O2/c1-3-11(12)7-4-9(2)13-8-10-5-6-10/h3-4,7,10,12H,1,5-6,8H2,2H3/b9-4+,11-7+. The van der Waals surface area contributed by atoms with Gasteiger partial charge < -0.3 is 9.84 Å². The van der Waals surface area contributed by atoms with Gasteiger partial charge in [-0.3, -0.25) is 0 Å². The number of aliphatic hydroxyl groups is 1. The van der Waals surface area contributed by atoms with Crippen molar-refractivity contribution in [2.75, 3.05) is 6.61 Å². The van der Waals surface area contributed by atoms with Gasteiger partial charge in [0, 0.05) is 0 Å². The predicted octanol–water partition coefficient (Wildman–Crippen LogP) is 2.94. The van der Waals surface area contributed by atoms with Gasteiger partial charge in [0.2, 0.25) is 0 Å². The quantitative estimate of drug-likeness (QED) is 0.520. The summed E-state index contributed by atoms with van der Waals surface area (Å²) in [6.45, 7) is 6.13. The van der Waals surface area contributed by atoms with Crippen LogP contribution in [0.3, 0.4) is 0 Å². The Morgan fingerprint density at radius 1 is 1.54 bits per heavy atom. The van der Waals surface area contributed by atoms with E-state index in [1.165, 1.54) is 18.9 Å². The first-order valence-corrected chi connectivity index (χ1v) is 4.55. The van der Waals surface area contributed by atoms with Crippen LogP contribution in [0.4, 0.5) is 0 Å². The van der Waals surface area contributed by atoms with Crippen LogP contribution in [0, 0.1) is 5.92 Å². The van der Waals surface area contributed by atoms with Crippen molar-refractivity contribution in [3.8, 4) is 0 Å². The van der Waals surface area contributed by atoms with Crippen LogP contribution in [0.25, 0.3) is 0 Å². The Kier molecular flexibility index (Phi) is 3.62. The number of allylic oxidation sites excluding steroid dienone is 4. The summed E-state index contributed by atoms with van der Waals surface area (Å²) in [7, 11) is 0. The van der Waals surface area contributed by atoms with Crippen molar-refractivity contribution in [3.63, 3.8) is 0 Å². The fourth-order valence-electron chi connectivity index (χ4n) is 0.853. The number of hydrogen-bond donors (Lipinski definition) is 1. The normalized spacial score (nSPS) is 18.5. The van der Waals surface area contributed by atoms with Crippen molar-refractivity contribution >= 4 is 0 Å². The summed E-state index contributed by atoms with van der Waals surface area (Å²) in [5.74, 6) is 1.76. The Hall–Kier alpha value is -1.18. The lowest BCUT2D eigenvalue weighted by atomic mass is 10.4. The van der Waals surface area contributed by atoms with Crippen LogP contribution in [0.15, 0.2) is 36.3 Å². The Morgan fingerprint density at radius 3 is 2.77 bits per heavy atom. The van der Waals surface area contributed by atoms with E-state index < -0.39 is 0 Å². The van der Waals surface area contributed by atoms with Gasteiger partial charge in [0.05, 0.1) is 12.4 Å². The van der Waals surface area contributed by atoms with E-state index >= 15 is 0 Å². The topological polar surface area (TPSA) is 29.5 Å². The molecule has 1 aliphatic carbocycles. The molecule has 0 aliphatic heterocycles. The van der Waals surface area contributed by atoms with Crippen LogP contribution in [-0.4, -0.2) is 11.7 Å². The van der Waals surface area contributed by atoms with Crippen LogP contribution in [0.5, 0.6) is 0 Å². The van der Waals surface area contributed by atoms with Gasteiger partial charge in [0.15, 0.2) is 0 Å². The Morgan fingerprint density at radius 2 is 2.23 bits per heavy atom. The van der Waals surface area contributed by atoms with E-state index in [0.717, 1.165) is 18.3 Å². The molecular weight excluding hydrogens is 164 g/mol. The van der Waals surface area contributed by atoms with E-state index in [1.54, 1.807) is 12.2 Å². The maximum absolute atomic E-state index is 9.04. The molecule has 72 valence electrons. The van der Waals surface area contributed by atoms with Crippen molar-refractivity contribution in [2.24, 2.45) is 5.92 Å². The molecule has 0 spiro atoms. The minimum atomic E-state index is 0.161. The third kappa shape index (κ3) is 4.41. The van der Waals surface area contributed by atoms with Crippen LogP contribution in [0.2, 0.25) is 0 Å². The average molecular weight is 180 g/mol. The van der Waals surface area contributed by atoms with E-state index in [-0.39, 0.29) is 5.76 Å². The molecule has 0 amide bonds. The van der Waals surface area contributed by atoms with Crippen LogP contribution < -0.4 is 0 Å². The van der Waals surface area contributed by atoms with Gasteiger partial charge in [-0.1, -0.05) is 6.58 Å². The fourth-order valence-corrected chi connectivity index (χ4v) is 0.853. The van der Waals surface area contributed by atoms with Crippen LogP contribution >= 0.6 is 0 Å². The second kappa shape index (κ2) is 4.75. The first-order chi connectivity index (χ1) is 6.22. The highest BCUT2D eigenvalue weighted by atomic mass is 16.5. The summed E-state index contributed by atoms with van der Waals surface area (Å²) in [6.07, 6.45) is 7.31. The highest BCUT2D eigenvalue weighted by Gasteiger charge is 2.21. The van der Waals surface area contributed by atoms with Gasteiger partial charge >= 0.3 is 0 Å². The van der Waals surface area contributed by atoms with E-state index in [9.17, 15) is 0 Å². The van der Waals surface area contributed by atoms with E-state index in [4.69, 9.17) is 9.84 Å². The summed E-state index contributed by atoms with van der Waals surface area (Å²) < 4.78 is 5.43. The Labute approximate surface area is 79.2 Å². The molecule has 1 rings (SSSR count). The summed E-state index contributed by atoms with van der Waals surface area (Å²) in [5, 5.41) is 9.04. The molecule has 1 saturated carbocycles. The Balaban J connectivity index is 2.26. The smallest absolute Gasteiger partial charge is 0.115 e. The van der Waals surface area contributed by atoms with Crippen molar-refractivity contribution < 1.29 is 9.84 Å². The summed E-state index contributed by atoms with van der Waals surface area (Å²) in [4.78, 5) is 0. The first kappa shape index (κ1) is 9.90.